The number of piperidine rings is 1. The van der Waals surface area contributed by atoms with Crippen LogP contribution in [0.5, 0.6) is 0 Å². The summed E-state index contributed by atoms with van der Waals surface area (Å²) in [4.78, 5) is 4.49. The standard InChI is InChI=1S/C13H21N3/c1-10-15-9-13-12(3-2-8-16(10)13)11-4-6-14-7-5-11/h9,11-12,14H,2-8H2,1H3. The molecule has 1 fully saturated rings. The van der Waals surface area contributed by atoms with E-state index in [1.54, 1.807) is 0 Å². The molecule has 3 nitrogen and oxygen atoms in total. The van der Waals surface area contributed by atoms with E-state index >= 15 is 0 Å². The summed E-state index contributed by atoms with van der Waals surface area (Å²) in [5.41, 5.74) is 1.51. The van der Waals surface area contributed by atoms with E-state index in [-0.39, 0.29) is 0 Å². The largest absolute Gasteiger partial charge is 0.332 e. The number of fused-ring (bicyclic) bond motifs is 1. The number of imidazole rings is 1. The van der Waals surface area contributed by atoms with Gasteiger partial charge in [-0.15, -0.1) is 0 Å². The molecule has 1 unspecified atom stereocenters. The number of aromatic nitrogens is 2. The molecule has 1 N–H and O–H groups in total. The summed E-state index contributed by atoms with van der Waals surface area (Å²) < 4.78 is 2.44. The molecule has 0 aromatic carbocycles. The molecule has 2 aliphatic heterocycles. The first kappa shape index (κ1) is 10.3. The average molecular weight is 219 g/mol. The zero-order valence-electron chi connectivity index (χ0n) is 10.1. The van der Waals surface area contributed by atoms with E-state index in [9.17, 15) is 0 Å². The molecule has 88 valence electrons. The monoisotopic (exact) mass is 219 g/mol. The summed E-state index contributed by atoms with van der Waals surface area (Å²) in [5.74, 6) is 2.86. The zero-order valence-corrected chi connectivity index (χ0v) is 10.1. The van der Waals surface area contributed by atoms with E-state index in [1.807, 2.05) is 0 Å². The first-order chi connectivity index (χ1) is 7.86. The predicted octanol–water partition coefficient (Wildman–Crippen LogP) is 2.07. The Bertz CT molecular complexity index is 363. The van der Waals surface area contributed by atoms with Crippen molar-refractivity contribution < 1.29 is 0 Å². The third-order valence-corrected chi connectivity index (χ3v) is 4.32. The van der Waals surface area contributed by atoms with Crippen molar-refractivity contribution in [3.05, 3.63) is 17.7 Å². The van der Waals surface area contributed by atoms with Crippen LogP contribution >= 0.6 is 0 Å². The second kappa shape index (κ2) is 4.21. The van der Waals surface area contributed by atoms with Crippen LogP contribution in [0.15, 0.2) is 6.20 Å². The second-order valence-corrected chi connectivity index (χ2v) is 5.22. The van der Waals surface area contributed by atoms with Gasteiger partial charge in [-0.25, -0.2) is 4.98 Å². The van der Waals surface area contributed by atoms with Gasteiger partial charge in [0.05, 0.1) is 0 Å². The molecule has 0 amide bonds. The van der Waals surface area contributed by atoms with Gasteiger partial charge in [0.25, 0.3) is 0 Å². The molecule has 16 heavy (non-hydrogen) atoms. The third-order valence-electron chi connectivity index (χ3n) is 4.32. The Morgan fingerprint density at radius 3 is 2.94 bits per heavy atom. The minimum atomic E-state index is 0.775. The molecule has 0 saturated carbocycles. The molecule has 0 spiro atoms. The number of nitrogens with one attached hydrogen (secondary N) is 1. The Labute approximate surface area is 97.3 Å². The summed E-state index contributed by atoms with van der Waals surface area (Å²) in [6.07, 6.45) is 7.51. The molecular formula is C13H21N3. The molecule has 1 aromatic rings. The lowest BCUT2D eigenvalue weighted by Crippen LogP contribution is -2.32. The van der Waals surface area contributed by atoms with Crippen molar-refractivity contribution >= 4 is 0 Å². The first-order valence-electron chi connectivity index (χ1n) is 6.59. The minimum absolute atomic E-state index is 0.775. The predicted molar refractivity (Wildman–Crippen MR) is 64.5 cm³/mol. The van der Waals surface area contributed by atoms with Crippen molar-refractivity contribution in [3.63, 3.8) is 0 Å². The fraction of sp³-hybridized carbons (Fsp3) is 0.769. The average Bonchev–Trinajstić information content (AvgIpc) is 2.73. The van der Waals surface area contributed by atoms with Gasteiger partial charge in [0.15, 0.2) is 0 Å². The van der Waals surface area contributed by atoms with Gasteiger partial charge in [0.1, 0.15) is 5.82 Å². The summed E-state index contributed by atoms with van der Waals surface area (Å²) in [7, 11) is 0. The quantitative estimate of drug-likeness (QED) is 0.783. The Morgan fingerprint density at radius 1 is 1.31 bits per heavy atom. The molecule has 0 bridgehead atoms. The molecule has 0 aliphatic carbocycles. The smallest absolute Gasteiger partial charge is 0.105 e. The van der Waals surface area contributed by atoms with Crippen LogP contribution in [0.3, 0.4) is 0 Å². The van der Waals surface area contributed by atoms with E-state index in [4.69, 9.17) is 0 Å². The molecule has 3 heteroatoms. The Kier molecular flexibility index (Phi) is 2.72. The van der Waals surface area contributed by atoms with Gasteiger partial charge in [0, 0.05) is 24.4 Å². The van der Waals surface area contributed by atoms with E-state index in [0.29, 0.717) is 0 Å². The number of hydrogen-bond acceptors (Lipinski definition) is 2. The highest BCUT2D eigenvalue weighted by atomic mass is 15.1. The van der Waals surface area contributed by atoms with Crippen molar-refractivity contribution in [2.75, 3.05) is 13.1 Å². The Morgan fingerprint density at radius 2 is 2.12 bits per heavy atom. The van der Waals surface area contributed by atoms with Gasteiger partial charge >= 0.3 is 0 Å². The summed E-state index contributed by atoms with van der Waals surface area (Å²) in [5, 5.41) is 3.46. The van der Waals surface area contributed by atoms with Crippen LogP contribution < -0.4 is 5.32 Å². The maximum absolute atomic E-state index is 4.49. The van der Waals surface area contributed by atoms with E-state index in [0.717, 1.165) is 11.8 Å². The van der Waals surface area contributed by atoms with Crippen molar-refractivity contribution in [1.29, 1.82) is 0 Å². The number of aryl methyl sites for hydroxylation is 1. The number of rotatable bonds is 1. The molecule has 0 radical (unpaired) electrons. The van der Waals surface area contributed by atoms with Crippen LogP contribution in [-0.2, 0) is 6.54 Å². The van der Waals surface area contributed by atoms with Crippen LogP contribution in [0.25, 0.3) is 0 Å². The summed E-state index contributed by atoms with van der Waals surface area (Å²) >= 11 is 0. The van der Waals surface area contributed by atoms with E-state index in [2.05, 4.69) is 28.0 Å². The topological polar surface area (TPSA) is 29.9 Å². The Hall–Kier alpha value is -0.830. The normalized spacial score (nSPS) is 26.7. The molecule has 2 aliphatic rings. The first-order valence-corrected chi connectivity index (χ1v) is 6.59. The summed E-state index contributed by atoms with van der Waals surface area (Å²) in [6, 6.07) is 0. The lowest BCUT2D eigenvalue weighted by Gasteiger charge is -2.34. The van der Waals surface area contributed by atoms with Gasteiger partial charge in [-0.05, 0) is 51.6 Å². The molecule has 3 rings (SSSR count). The van der Waals surface area contributed by atoms with Crippen LogP contribution in [0.2, 0.25) is 0 Å². The zero-order chi connectivity index (χ0) is 11.0. The molecular weight excluding hydrogens is 198 g/mol. The number of nitrogens with zero attached hydrogens (tertiary/aromatic N) is 2. The molecule has 1 saturated heterocycles. The van der Waals surface area contributed by atoms with Crippen molar-refractivity contribution in [1.82, 2.24) is 14.9 Å². The molecule has 1 aromatic heterocycles. The van der Waals surface area contributed by atoms with Crippen LogP contribution in [0.1, 0.15) is 43.1 Å². The maximum atomic E-state index is 4.49. The highest BCUT2D eigenvalue weighted by Gasteiger charge is 2.30. The highest BCUT2D eigenvalue weighted by molar-refractivity contribution is 5.14. The second-order valence-electron chi connectivity index (χ2n) is 5.22. The fourth-order valence-electron chi connectivity index (χ4n) is 3.41. The van der Waals surface area contributed by atoms with E-state index in [1.165, 1.54) is 56.8 Å². The van der Waals surface area contributed by atoms with Crippen molar-refractivity contribution in [3.8, 4) is 0 Å². The van der Waals surface area contributed by atoms with Crippen LogP contribution in [0.4, 0.5) is 0 Å². The maximum Gasteiger partial charge on any atom is 0.105 e. The van der Waals surface area contributed by atoms with Gasteiger partial charge in [-0.3, -0.25) is 0 Å². The van der Waals surface area contributed by atoms with Gasteiger partial charge in [-0.1, -0.05) is 0 Å². The van der Waals surface area contributed by atoms with Crippen LogP contribution in [-0.4, -0.2) is 22.6 Å². The van der Waals surface area contributed by atoms with Gasteiger partial charge in [-0.2, -0.15) is 0 Å². The lowest BCUT2D eigenvalue weighted by molar-refractivity contribution is 0.274. The minimum Gasteiger partial charge on any atom is -0.332 e. The van der Waals surface area contributed by atoms with Gasteiger partial charge in [0.2, 0.25) is 0 Å². The molecule has 3 heterocycles. The van der Waals surface area contributed by atoms with Gasteiger partial charge < -0.3 is 9.88 Å². The van der Waals surface area contributed by atoms with Crippen molar-refractivity contribution in [2.24, 2.45) is 5.92 Å². The lowest BCUT2D eigenvalue weighted by atomic mass is 9.79. The number of hydrogen-bond donors (Lipinski definition) is 1. The fourth-order valence-corrected chi connectivity index (χ4v) is 3.41. The van der Waals surface area contributed by atoms with E-state index < -0.39 is 0 Å². The summed E-state index contributed by atoms with van der Waals surface area (Å²) in [6.45, 7) is 5.72. The highest BCUT2D eigenvalue weighted by Crippen LogP contribution is 2.38. The van der Waals surface area contributed by atoms with Crippen molar-refractivity contribution in [2.45, 2.75) is 45.1 Å². The van der Waals surface area contributed by atoms with Crippen LogP contribution in [0, 0.1) is 12.8 Å². The SMILES string of the molecule is Cc1ncc2n1CCCC2C1CCNCC1. The Balaban J connectivity index is 1.86. The molecule has 1 atom stereocenters. The third kappa shape index (κ3) is 1.67.